The topological polar surface area (TPSA) is 46.6 Å². The first kappa shape index (κ1) is 15.1. The summed E-state index contributed by atoms with van der Waals surface area (Å²) in [4.78, 5) is 0.292. The van der Waals surface area contributed by atoms with Gasteiger partial charge in [0.1, 0.15) is 5.75 Å². The van der Waals surface area contributed by atoms with Gasteiger partial charge in [0.15, 0.2) is 0 Å². The first-order chi connectivity index (χ1) is 10.5. The van der Waals surface area contributed by atoms with E-state index in [-0.39, 0.29) is 6.04 Å². The summed E-state index contributed by atoms with van der Waals surface area (Å²) in [6.07, 6.45) is 1.74. The second kappa shape index (κ2) is 5.74. The van der Waals surface area contributed by atoms with E-state index in [0.29, 0.717) is 10.6 Å². The fourth-order valence-corrected chi connectivity index (χ4v) is 4.36. The first-order valence-electron chi connectivity index (χ1n) is 7.24. The van der Waals surface area contributed by atoms with Gasteiger partial charge in [-0.1, -0.05) is 24.3 Å². The summed E-state index contributed by atoms with van der Waals surface area (Å²) in [6.45, 7) is 0. The molecule has 5 heteroatoms. The van der Waals surface area contributed by atoms with E-state index in [0.717, 1.165) is 18.4 Å². The van der Waals surface area contributed by atoms with Gasteiger partial charge in [0.2, 0.25) is 10.0 Å². The minimum absolute atomic E-state index is 0.0942. The summed E-state index contributed by atoms with van der Waals surface area (Å²) in [5, 5.41) is 0. The average molecular weight is 317 g/mol. The lowest BCUT2D eigenvalue weighted by atomic mass is 10.1. The molecule has 22 heavy (non-hydrogen) atoms. The Balaban J connectivity index is 1.92. The second-order valence-electron chi connectivity index (χ2n) is 5.45. The number of hydrogen-bond acceptors (Lipinski definition) is 3. The third-order valence-electron chi connectivity index (χ3n) is 4.28. The number of nitrogens with zero attached hydrogens (tertiary/aromatic N) is 1. The van der Waals surface area contributed by atoms with Crippen LogP contribution in [0.3, 0.4) is 0 Å². The highest BCUT2D eigenvalue weighted by Gasteiger charge is 2.33. The minimum Gasteiger partial charge on any atom is -0.497 e. The van der Waals surface area contributed by atoms with Crippen LogP contribution < -0.4 is 4.74 Å². The second-order valence-corrected chi connectivity index (χ2v) is 7.45. The Bertz CT molecular complexity index is 769. The molecule has 0 unspecified atom stereocenters. The molecular weight excluding hydrogens is 298 g/mol. The molecule has 3 rings (SSSR count). The lowest BCUT2D eigenvalue weighted by Crippen LogP contribution is -2.30. The van der Waals surface area contributed by atoms with Gasteiger partial charge in [-0.15, -0.1) is 0 Å². The molecule has 0 saturated carbocycles. The van der Waals surface area contributed by atoms with Crippen LogP contribution in [0.2, 0.25) is 0 Å². The zero-order valence-corrected chi connectivity index (χ0v) is 13.5. The normalized spacial score (nSPS) is 17.5. The van der Waals surface area contributed by atoms with Crippen molar-refractivity contribution in [3.05, 3.63) is 59.7 Å². The van der Waals surface area contributed by atoms with Gasteiger partial charge in [0, 0.05) is 7.05 Å². The number of benzene rings is 2. The Hall–Kier alpha value is -1.85. The van der Waals surface area contributed by atoms with E-state index < -0.39 is 10.0 Å². The smallest absolute Gasteiger partial charge is 0.243 e. The monoisotopic (exact) mass is 317 g/mol. The van der Waals surface area contributed by atoms with Gasteiger partial charge in [-0.2, -0.15) is 4.31 Å². The molecule has 1 aliphatic carbocycles. The molecule has 0 saturated heterocycles. The highest BCUT2D eigenvalue weighted by atomic mass is 32.2. The maximum Gasteiger partial charge on any atom is 0.243 e. The fraction of sp³-hybridized carbons (Fsp3) is 0.294. The molecule has 0 spiro atoms. The van der Waals surface area contributed by atoms with E-state index in [4.69, 9.17) is 4.74 Å². The SMILES string of the molecule is COc1ccc(S(=O)(=O)N(C)[C@H]2CCc3ccccc32)cc1. The molecule has 0 heterocycles. The Kier molecular flexibility index (Phi) is 3.93. The van der Waals surface area contributed by atoms with Crippen LogP contribution in [0.15, 0.2) is 53.4 Å². The van der Waals surface area contributed by atoms with Crippen LogP contribution in [0.5, 0.6) is 5.75 Å². The number of fused-ring (bicyclic) bond motifs is 1. The van der Waals surface area contributed by atoms with E-state index in [2.05, 4.69) is 6.07 Å². The van der Waals surface area contributed by atoms with Crippen molar-refractivity contribution in [2.75, 3.05) is 14.2 Å². The van der Waals surface area contributed by atoms with Gasteiger partial charge in [-0.3, -0.25) is 0 Å². The van der Waals surface area contributed by atoms with Crippen molar-refractivity contribution >= 4 is 10.0 Å². The van der Waals surface area contributed by atoms with Crippen molar-refractivity contribution in [2.45, 2.75) is 23.8 Å². The maximum atomic E-state index is 12.8. The molecule has 0 aliphatic heterocycles. The van der Waals surface area contributed by atoms with Crippen LogP contribution in [-0.4, -0.2) is 26.9 Å². The van der Waals surface area contributed by atoms with Crippen LogP contribution >= 0.6 is 0 Å². The summed E-state index contributed by atoms with van der Waals surface area (Å²) in [7, 11) is -0.293. The lowest BCUT2D eigenvalue weighted by molar-refractivity contribution is 0.374. The predicted molar refractivity (Wildman–Crippen MR) is 85.4 cm³/mol. The number of methoxy groups -OCH3 is 1. The number of sulfonamides is 1. The summed E-state index contributed by atoms with van der Waals surface area (Å²) in [6, 6.07) is 14.5. The van der Waals surface area contributed by atoms with Gasteiger partial charge < -0.3 is 4.74 Å². The number of aryl methyl sites for hydroxylation is 1. The van der Waals surface area contributed by atoms with Crippen molar-refractivity contribution in [3.8, 4) is 5.75 Å². The molecule has 4 nitrogen and oxygen atoms in total. The maximum absolute atomic E-state index is 12.8. The largest absolute Gasteiger partial charge is 0.497 e. The third kappa shape index (κ3) is 2.51. The zero-order valence-electron chi connectivity index (χ0n) is 12.7. The number of rotatable bonds is 4. The molecule has 0 aromatic heterocycles. The average Bonchev–Trinajstić information content (AvgIpc) is 2.98. The highest BCUT2D eigenvalue weighted by Crippen LogP contribution is 2.37. The molecule has 0 N–H and O–H groups in total. The summed E-state index contributed by atoms with van der Waals surface area (Å²) in [5.41, 5.74) is 2.35. The lowest BCUT2D eigenvalue weighted by Gasteiger charge is -2.25. The fourth-order valence-electron chi connectivity index (χ4n) is 2.99. The van der Waals surface area contributed by atoms with Crippen molar-refractivity contribution in [3.63, 3.8) is 0 Å². The molecule has 2 aromatic carbocycles. The van der Waals surface area contributed by atoms with E-state index in [1.165, 1.54) is 9.87 Å². The van der Waals surface area contributed by atoms with E-state index in [1.807, 2.05) is 18.2 Å². The van der Waals surface area contributed by atoms with Crippen molar-refractivity contribution < 1.29 is 13.2 Å². The number of hydrogen-bond donors (Lipinski definition) is 0. The molecule has 1 aliphatic rings. The molecule has 0 bridgehead atoms. The highest BCUT2D eigenvalue weighted by molar-refractivity contribution is 7.89. The molecular formula is C17H19NO3S. The first-order valence-corrected chi connectivity index (χ1v) is 8.68. The predicted octanol–water partition coefficient (Wildman–Crippen LogP) is 3.00. The van der Waals surface area contributed by atoms with E-state index >= 15 is 0 Å². The number of ether oxygens (including phenoxy) is 1. The summed E-state index contributed by atoms with van der Waals surface area (Å²) >= 11 is 0. The van der Waals surface area contributed by atoms with Gasteiger partial charge in [0.05, 0.1) is 18.0 Å². The van der Waals surface area contributed by atoms with Crippen LogP contribution in [-0.2, 0) is 16.4 Å². The molecule has 0 amide bonds. The van der Waals surface area contributed by atoms with Gasteiger partial charge in [-0.05, 0) is 48.2 Å². The Labute approximate surface area is 131 Å². The van der Waals surface area contributed by atoms with Gasteiger partial charge in [0.25, 0.3) is 0 Å². The van der Waals surface area contributed by atoms with Crippen molar-refractivity contribution in [2.24, 2.45) is 0 Å². The quantitative estimate of drug-likeness (QED) is 0.871. The van der Waals surface area contributed by atoms with Crippen LogP contribution in [0.4, 0.5) is 0 Å². The molecule has 0 radical (unpaired) electrons. The van der Waals surface area contributed by atoms with Crippen LogP contribution in [0.25, 0.3) is 0 Å². The van der Waals surface area contributed by atoms with E-state index in [1.54, 1.807) is 38.4 Å². The van der Waals surface area contributed by atoms with Crippen molar-refractivity contribution in [1.82, 2.24) is 4.31 Å². The summed E-state index contributed by atoms with van der Waals surface area (Å²) in [5.74, 6) is 0.646. The molecule has 116 valence electrons. The van der Waals surface area contributed by atoms with Gasteiger partial charge >= 0.3 is 0 Å². The Morgan fingerprint density at radius 1 is 1.09 bits per heavy atom. The zero-order chi connectivity index (χ0) is 15.7. The Morgan fingerprint density at radius 2 is 1.77 bits per heavy atom. The third-order valence-corrected chi connectivity index (χ3v) is 6.16. The molecule has 0 fully saturated rings. The summed E-state index contributed by atoms with van der Waals surface area (Å²) < 4.78 is 32.2. The van der Waals surface area contributed by atoms with Gasteiger partial charge in [-0.25, -0.2) is 8.42 Å². The van der Waals surface area contributed by atoms with Crippen LogP contribution in [0, 0.1) is 0 Å². The standard InChI is InChI=1S/C17H19NO3S/c1-18(17-12-7-13-5-3-4-6-16(13)17)22(19,20)15-10-8-14(21-2)9-11-15/h3-6,8-11,17H,7,12H2,1-2H3/t17-/m0/s1. The van der Waals surface area contributed by atoms with Crippen molar-refractivity contribution in [1.29, 1.82) is 0 Å². The molecule has 1 atom stereocenters. The Morgan fingerprint density at radius 3 is 2.45 bits per heavy atom. The van der Waals surface area contributed by atoms with E-state index in [9.17, 15) is 8.42 Å². The minimum atomic E-state index is -3.51. The molecule has 2 aromatic rings. The van der Waals surface area contributed by atoms with Crippen LogP contribution in [0.1, 0.15) is 23.6 Å².